The third kappa shape index (κ3) is 4.67. The number of rotatable bonds is 7. The van der Waals surface area contributed by atoms with Crippen LogP contribution >= 0.6 is 24.4 Å². The maximum Gasteiger partial charge on any atom is 0.232 e. The number of ether oxygens (including phenoxy) is 1. The van der Waals surface area contributed by atoms with Gasteiger partial charge in [-0.25, -0.2) is 0 Å². The van der Waals surface area contributed by atoms with E-state index in [2.05, 4.69) is 12.6 Å². The van der Waals surface area contributed by atoms with Crippen LogP contribution in [0.3, 0.4) is 0 Å². The standard InChI is InChI=1S/C13H25NO2S2/c1-3-14(4-2)12(15)9-18-11-13(10-17)5-7-16-8-6-13/h17H,3-11H2,1-2H3. The lowest BCUT2D eigenvalue weighted by Gasteiger charge is -2.35. The molecule has 5 heteroatoms. The van der Waals surface area contributed by atoms with E-state index in [1.165, 1.54) is 0 Å². The van der Waals surface area contributed by atoms with Crippen molar-refractivity contribution in [1.29, 1.82) is 0 Å². The van der Waals surface area contributed by atoms with Gasteiger partial charge in [-0.1, -0.05) is 0 Å². The van der Waals surface area contributed by atoms with Crippen LogP contribution in [0.15, 0.2) is 0 Å². The minimum Gasteiger partial charge on any atom is -0.381 e. The molecule has 1 aliphatic rings. The summed E-state index contributed by atoms with van der Waals surface area (Å²) in [5, 5.41) is 0. The number of thiol groups is 1. The van der Waals surface area contributed by atoms with Crippen LogP contribution in [0.5, 0.6) is 0 Å². The quantitative estimate of drug-likeness (QED) is 0.730. The van der Waals surface area contributed by atoms with Crippen molar-refractivity contribution >= 4 is 30.3 Å². The van der Waals surface area contributed by atoms with E-state index in [1.807, 2.05) is 18.7 Å². The average Bonchev–Trinajstić information content (AvgIpc) is 2.41. The lowest BCUT2D eigenvalue weighted by Crippen LogP contribution is -2.35. The smallest absolute Gasteiger partial charge is 0.232 e. The Hall–Kier alpha value is 0.130. The second kappa shape index (κ2) is 8.33. The first-order chi connectivity index (χ1) is 8.67. The van der Waals surface area contributed by atoms with Gasteiger partial charge in [-0.3, -0.25) is 4.79 Å². The number of thioether (sulfide) groups is 1. The Kier molecular flexibility index (Phi) is 7.49. The molecular formula is C13H25NO2S2. The monoisotopic (exact) mass is 291 g/mol. The van der Waals surface area contributed by atoms with E-state index in [0.717, 1.165) is 50.7 Å². The number of hydrogen-bond donors (Lipinski definition) is 1. The van der Waals surface area contributed by atoms with Gasteiger partial charge in [0.15, 0.2) is 0 Å². The van der Waals surface area contributed by atoms with E-state index in [0.29, 0.717) is 5.75 Å². The normalized spacial score (nSPS) is 18.6. The van der Waals surface area contributed by atoms with Crippen molar-refractivity contribution in [3.05, 3.63) is 0 Å². The molecule has 1 heterocycles. The van der Waals surface area contributed by atoms with Crippen molar-refractivity contribution in [3.8, 4) is 0 Å². The highest BCUT2D eigenvalue weighted by Gasteiger charge is 2.31. The first kappa shape index (κ1) is 16.2. The molecule has 18 heavy (non-hydrogen) atoms. The minimum absolute atomic E-state index is 0.256. The zero-order valence-electron chi connectivity index (χ0n) is 11.5. The molecule has 0 aliphatic carbocycles. The number of nitrogens with zero attached hydrogens (tertiary/aromatic N) is 1. The summed E-state index contributed by atoms with van der Waals surface area (Å²) in [6.45, 7) is 7.35. The van der Waals surface area contributed by atoms with E-state index < -0.39 is 0 Å². The van der Waals surface area contributed by atoms with E-state index in [9.17, 15) is 4.79 Å². The fraction of sp³-hybridized carbons (Fsp3) is 0.923. The topological polar surface area (TPSA) is 29.5 Å². The fourth-order valence-corrected chi connectivity index (χ4v) is 4.04. The molecular weight excluding hydrogens is 266 g/mol. The molecule has 0 radical (unpaired) electrons. The Bertz CT molecular complexity index is 251. The lowest BCUT2D eigenvalue weighted by atomic mass is 9.84. The van der Waals surface area contributed by atoms with Crippen molar-refractivity contribution in [2.45, 2.75) is 26.7 Å². The van der Waals surface area contributed by atoms with Gasteiger partial charge < -0.3 is 9.64 Å². The SMILES string of the molecule is CCN(CC)C(=O)CSCC1(CS)CCOCC1. The Morgan fingerprint density at radius 1 is 1.33 bits per heavy atom. The number of hydrogen-bond acceptors (Lipinski definition) is 4. The van der Waals surface area contributed by atoms with Crippen LogP contribution in [0.1, 0.15) is 26.7 Å². The van der Waals surface area contributed by atoms with E-state index >= 15 is 0 Å². The van der Waals surface area contributed by atoms with Gasteiger partial charge in [0.2, 0.25) is 5.91 Å². The van der Waals surface area contributed by atoms with Crippen LogP contribution in [-0.2, 0) is 9.53 Å². The largest absolute Gasteiger partial charge is 0.381 e. The molecule has 1 fully saturated rings. The van der Waals surface area contributed by atoms with Crippen molar-refractivity contribution in [3.63, 3.8) is 0 Å². The van der Waals surface area contributed by atoms with Gasteiger partial charge in [-0.05, 0) is 37.9 Å². The molecule has 0 aromatic rings. The van der Waals surface area contributed by atoms with Crippen LogP contribution in [0.25, 0.3) is 0 Å². The Morgan fingerprint density at radius 2 is 1.94 bits per heavy atom. The van der Waals surface area contributed by atoms with Gasteiger partial charge in [-0.2, -0.15) is 24.4 Å². The highest BCUT2D eigenvalue weighted by atomic mass is 32.2. The molecule has 3 nitrogen and oxygen atoms in total. The molecule has 0 aromatic heterocycles. The maximum atomic E-state index is 11.9. The van der Waals surface area contributed by atoms with E-state index in [1.54, 1.807) is 11.8 Å². The highest BCUT2D eigenvalue weighted by molar-refractivity contribution is 8.00. The predicted molar refractivity (Wildman–Crippen MR) is 81.6 cm³/mol. The molecule has 0 spiro atoms. The van der Waals surface area contributed by atoms with Crippen molar-refractivity contribution < 1.29 is 9.53 Å². The Morgan fingerprint density at radius 3 is 2.44 bits per heavy atom. The molecule has 1 amide bonds. The van der Waals surface area contributed by atoms with Gasteiger partial charge >= 0.3 is 0 Å². The molecule has 1 aliphatic heterocycles. The molecule has 1 saturated heterocycles. The number of carbonyl (C=O) groups is 1. The number of amides is 1. The second-order valence-corrected chi connectivity index (χ2v) is 6.13. The summed E-state index contributed by atoms with van der Waals surface area (Å²) in [6, 6.07) is 0. The minimum atomic E-state index is 0.256. The average molecular weight is 291 g/mol. The maximum absolute atomic E-state index is 11.9. The zero-order valence-corrected chi connectivity index (χ0v) is 13.2. The second-order valence-electron chi connectivity index (χ2n) is 4.83. The summed E-state index contributed by atoms with van der Waals surface area (Å²) in [5.41, 5.74) is 0.273. The van der Waals surface area contributed by atoms with E-state index in [-0.39, 0.29) is 11.3 Å². The summed E-state index contributed by atoms with van der Waals surface area (Å²) < 4.78 is 5.41. The summed E-state index contributed by atoms with van der Waals surface area (Å²) in [4.78, 5) is 13.8. The van der Waals surface area contributed by atoms with Crippen LogP contribution in [0.2, 0.25) is 0 Å². The highest BCUT2D eigenvalue weighted by Crippen LogP contribution is 2.35. The van der Waals surface area contributed by atoms with Crippen molar-refractivity contribution in [2.75, 3.05) is 43.6 Å². The predicted octanol–water partition coefficient (Wildman–Crippen LogP) is 2.31. The summed E-state index contributed by atoms with van der Waals surface area (Å²) in [6.07, 6.45) is 2.14. The molecule has 1 rings (SSSR count). The van der Waals surface area contributed by atoms with Crippen LogP contribution in [0.4, 0.5) is 0 Å². The molecule has 106 valence electrons. The first-order valence-electron chi connectivity index (χ1n) is 6.71. The summed E-state index contributed by atoms with van der Waals surface area (Å²) in [5.74, 6) is 2.76. The summed E-state index contributed by atoms with van der Waals surface area (Å²) >= 11 is 6.24. The van der Waals surface area contributed by atoms with Crippen LogP contribution in [-0.4, -0.2) is 54.4 Å². The van der Waals surface area contributed by atoms with Crippen LogP contribution < -0.4 is 0 Å². The molecule has 0 bridgehead atoms. The van der Waals surface area contributed by atoms with Crippen molar-refractivity contribution in [2.24, 2.45) is 5.41 Å². The zero-order chi connectivity index (χ0) is 13.4. The third-order valence-electron chi connectivity index (χ3n) is 3.64. The fourth-order valence-electron chi connectivity index (χ4n) is 2.17. The van der Waals surface area contributed by atoms with Crippen molar-refractivity contribution in [1.82, 2.24) is 4.90 Å². The molecule has 0 N–H and O–H groups in total. The molecule has 0 aromatic carbocycles. The lowest BCUT2D eigenvalue weighted by molar-refractivity contribution is -0.127. The molecule has 0 atom stereocenters. The summed E-state index contributed by atoms with van der Waals surface area (Å²) in [7, 11) is 0. The third-order valence-corrected chi connectivity index (χ3v) is 5.58. The van der Waals surface area contributed by atoms with Gasteiger partial charge in [0, 0.05) is 32.1 Å². The Balaban J connectivity index is 2.33. The van der Waals surface area contributed by atoms with Gasteiger partial charge in [0.1, 0.15) is 0 Å². The molecule has 0 saturated carbocycles. The first-order valence-corrected chi connectivity index (χ1v) is 8.50. The van der Waals surface area contributed by atoms with E-state index in [4.69, 9.17) is 4.74 Å². The number of carbonyl (C=O) groups excluding carboxylic acids is 1. The van der Waals surface area contributed by atoms with Gasteiger partial charge in [0.05, 0.1) is 5.75 Å². The van der Waals surface area contributed by atoms with Crippen LogP contribution in [0, 0.1) is 5.41 Å². The van der Waals surface area contributed by atoms with Gasteiger partial charge in [0.25, 0.3) is 0 Å². The van der Waals surface area contributed by atoms with Gasteiger partial charge in [-0.15, -0.1) is 0 Å². The Labute approximate surface area is 120 Å². The molecule has 0 unspecified atom stereocenters.